The number of aromatic nitrogens is 1. The van der Waals surface area contributed by atoms with Gasteiger partial charge in [0.1, 0.15) is 11.5 Å². The maximum Gasteiger partial charge on any atom is 0.141 e. The minimum Gasteiger partial charge on any atom is -0.495 e. The Kier molecular flexibility index (Phi) is 4.06. The van der Waals surface area contributed by atoms with Crippen LogP contribution in [-0.4, -0.2) is 18.7 Å². The van der Waals surface area contributed by atoms with Crippen molar-refractivity contribution in [2.75, 3.05) is 13.7 Å². The second-order valence-corrected chi connectivity index (χ2v) is 5.30. The molecule has 1 aliphatic heterocycles. The largest absolute Gasteiger partial charge is 0.495 e. The maximum absolute atomic E-state index is 6.30. The second-order valence-electron chi connectivity index (χ2n) is 5.30. The molecule has 0 saturated carbocycles. The third-order valence-corrected chi connectivity index (χ3v) is 3.93. The molecule has 1 unspecified atom stereocenters. The van der Waals surface area contributed by atoms with Crippen LogP contribution in [0.2, 0.25) is 0 Å². The van der Waals surface area contributed by atoms with Gasteiger partial charge in [-0.1, -0.05) is 12.1 Å². The molecule has 110 valence electrons. The van der Waals surface area contributed by atoms with E-state index in [1.807, 2.05) is 6.07 Å². The first-order valence-electron chi connectivity index (χ1n) is 7.26. The molecule has 0 fully saturated rings. The van der Waals surface area contributed by atoms with Gasteiger partial charge in [-0.2, -0.15) is 0 Å². The predicted molar refractivity (Wildman–Crippen MR) is 81.7 cm³/mol. The van der Waals surface area contributed by atoms with E-state index >= 15 is 0 Å². The van der Waals surface area contributed by atoms with E-state index in [1.165, 1.54) is 11.1 Å². The van der Waals surface area contributed by atoms with E-state index in [1.54, 1.807) is 19.5 Å². The fraction of sp³-hybridized carbons (Fsp3) is 0.353. The summed E-state index contributed by atoms with van der Waals surface area (Å²) in [5.74, 6) is 1.78. The highest BCUT2D eigenvalue weighted by Gasteiger charge is 2.14. The molecular formula is C17H20N2O2. The third-order valence-electron chi connectivity index (χ3n) is 3.93. The van der Waals surface area contributed by atoms with Gasteiger partial charge in [0.05, 0.1) is 19.9 Å². The lowest BCUT2D eigenvalue weighted by atomic mass is 9.98. The summed E-state index contributed by atoms with van der Waals surface area (Å²) < 4.78 is 10.9. The van der Waals surface area contributed by atoms with Gasteiger partial charge in [-0.15, -0.1) is 0 Å². The number of nitrogens with zero attached hydrogens (tertiary/aromatic N) is 1. The lowest BCUT2D eigenvalue weighted by molar-refractivity contribution is 0.357. The lowest BCUT2D eigenvalue weighted by Crippen LogP contribution is -2.12. The van der Waals surface area contributed by atoms with Crippen LogP contribution in [0.1, 0.15) is 29.2 Å². The van der Waals surface area contributed by atoms with Crippen molar-refractivity contribution in [2.45, 2.75) is 25.3 Å². The summed E-state index contributed by atoms with van der Waals surface area (Å²) in [5, 5.41) is 0. The molecule has 1 aliphatic rings. The highest BCUT2D eigenvalue weighted by Crippen LogP contribution is 2.28. The summed E-state index contributed by atoms with van der Waals surface area (Å²) in [6, 6.07) is 8.31. The zero-order chi connectivity index (χ0) is 14.7. The lowest BCUT2D eigenvalue weighted by Gasteiger charge is -2.15. The van der Waals surface area contributed by atoms with Crippen molar-refractivity contribution < 1.29 is 9.47 Å². The summed E-state index contributed by atoms with van der Waals surface area (Å²) in [6.07, 6.45) is 6.29. The first kappa shape index (κ1) is 13.9. The Labute approximate surface area is 124 Å². The number of fused-ring (bicyclic) bond motifs is 1. The summed E-state index contributed by atoms with van der Waals surface area (Å²) in [6.45, 7) is 0.798. The van der Waals surface area contributed by atoms with Crippen LogP contribution < -0.4 is 15.2 Å². The van der Waals surface area contributed by atoms with E-state index < -0.39 is 0 Å². The Bertz CT molecular complexity index is 628. The fourth-order valence-corrected chi connectivity index (χ4v) is 2.74. The number of hydrogen-bond donors (Lipinski definition) is 1. The first-order valence-corrected chi connectivity index (χ1v) is 7.26. The van der Waals surface area contributed by atoms with E-state index in [4.69, 9.17) is 15.2 Å². The summed E-state index contributed by atoms with van der Waals surface area (Å²) in [7, 11) is 1.65. The van der Waals surface area contributed by atoms with Crippen LogP contribution in [0.15, 0.2) is 36.7 Å². The number of methoxy groups -OCH3 is 1. The number of aryl methyl sites for hydroxylation is 1. The van der Waals surface area contributed by atoms with E-state index in [0.717, 1.165) is 42.9 Å². The number of hydrogen-bond acceptors (Lipinski definition) is 4. The van der Waals surface area contributed by atoms with Gasteiger partial charge in [0.2, 0.25) is 0 Å². The van der Waals surface area contributed by atoms with Gasteiger partial charge >= 0.3 is 0 Å². The molecule has 0 bridgehead atoms. The fourth-order valence-electron chi connectivity index (χ4n) is 2.74. The number of pyridine rings is 1. The Morgan fingerprint density at radius 2 is 2.29 bits per heavy atom. The molecule has 0 amide bonds. The average molecular weight is 284 g/mol. The molecule has 2 aromatic rings. The molecule has 0 spiro atoms. The smallest absolute Gasteiger partial charge is 0.141 e. The molecule has 1 atom stereocenters. The van der Waals surface area contributed by atoms with E-state index in [0.29, 0.717) is 0 Å². The summed E-state index contributed by atoms with van der Waals surface area (Å²) in [5.41, 5.74) is 9.93. The summed E-state index contributed by atoms with van der Waals surface area (Å²) >= 11 is 0. The molecule has 2 N–H and O–H groups in total. The van der Waals surface area contributed by atoms with E-state index in [-0.39, 0.29) is 6.04 Å². The van der Waals surface area contributed by atoms with Crippen LogP contribution in [-0.2, 0) is 12.8 Å². The Morgan fingerprint density at radius 1 is 1.38 bits per heavy atom. The zero-order valence-corrected chi connectivity index (χ0v) is 12.2. The Balaban J connectivity index is 1.67. The van der Waals surface area contributed by atoms with Crippen LogP contribution >= 0.6 is 0 Å². The monoisotopic (exact) mass is 284 g/mol. The SMILES string of the molecule is COc1cnccc1C(N)CCc1ccc2c(c1)CCO2. The summed E-state index contributed by atoms with van der Waals surface area (Å²) in [4.78, 5) is 4.06. The van der Waals surface area contributed by atoms with Crippen LogP contribution in [0, 0.1) is 0 Å². The maximum atomic E-state index is 6.30. The zero-order valence-electron chi connectivity index (χ0n) is 12.2. The molecule has 2 heterocycles. The van der Waals surface area contributed by atoms with Crippen molar-refractivity contribution in [3.8, 4) is 11.5 Å². The first-order chi connectivity index (χ1) is 10.3. The molecule has 0 radical (unpaired) electrons. The second kappa shape index (κ2) is 6.14. The van der Waals surface area contributed by atoms with Crippen LogP contribution in [0.3, 0.4) is 0 Å². The molecule has 1 aromatic heterocycles. The standard InChI is InChI=1S/C17H20N2O2/c1-20-17-11-19-8-6-14(17)15(18)4-2-12-3-5-16-13(10-12)7-9-21-16/h3,5-6,8,10-11,15H,2,4,7,9,18H2,1H3. The predicted octanol–water partition coefficient (Wildman–Crippen LogP) is 2.66. The van der Waals surface area contributed by atoms with E-state index in [9.17, 15) is 0 Å². The van der Waals surface area contributed by atoms with Gasteiger partial charge in [-0.05, 0) is 36.1 Å². The number of nitrogens with two attached hydrogens (primary N) is 1. The minimum atomic E-state index is -0.0487. The van der Waals surface area contributed by atoms with Crippen LogP contribution in [0.4, 0.5) is 0 Å². The van der Waals surface area contributed by atoms with Gasteiger partial charge in [-0.25, -0.2) is 0 Å². The van der Waals surface area contributed by atoms with E-state index in [2.05, 4.69) is 23.2 Å². The normalized spacial score (nSPS) is 14.4. The molecule has 0 saturated heterocycles. The van der Waals surface area contributed by atoms with Crippen LogP contribution in [0.25, 0.3) is 0 Å². The van der Waals surface area contributed by atoms with Crippen molar-refractivity contribution in [3.63, 3.8) is 0 Å². The van der Waals surface area contributed by atoms with Crippen molar-refractivity contribution >= 4 is 0 Å². The molecular weight excluding hydrogens is 264 g/mol. The minimum absolute atomic E-state index is 0.0487. The number of rotatable bonds is 5. The van der Waals surface area contributed by atoms with Crippen molar-refractivity contribution in [1.82, 2.24) is 4.98 Å². The number of benzene rings is 1. The third kappa shape index (κ3) is 3.00. The average Bonchev–Trinajstić information content (AvgIpc) is 3.00. The van der Waals surface area contributed by atoms with Gasteiger partial charge in [-0.3, -0.25) is 4.98 Å². The Morgan fingerprint density at radius 3 is 3.14 bits per heavy atom. The van der Waals surface area contributed by atoms with Gasteiger partial charge in [0.15, 0.2) is 0 Å². The molecule has 4 nitrogen and oxygen atoms in total. The van der Waals surface area contributed by atoms with Crippen molar-refractivity contribution in [1.29, 1.82) is 0 Å². The van der Waals surface area contributed by atoms with Crippen LogP contribution in [0.5, 0.6) is 11.5 Å². The highest BCUT2D eigenvalue weighted by atomic mass is 16.5. The highest BCUT2D eigenvalue weighted by molar-refractivity contribution is 5.40. The van der Waals surface area contributed by atoms with Crippen molar-refractivity contribution in [3.05, 3.63) is 53.3 Å². The molecule has 4 heteroatoms. The van der Waals surface area contributed by atoms with Gasteiger partial charge < -0.3 is 15.2 Å². The molecule has 1 aromatic carbocycles. The molecule has 21 heavy (non-hydrogen) atoms. The van der Waals surface area contributed by atoms with Gasteiger partial charge in [0, 0.05) is 24.2 Å². The molecule has 0 aliphatic carbocycles. The Hall–Kier alpha value is -2.07. The topological polar surface area (TPSA) is 57.4 Å². The van der Waals surface area contributed by atoms with Gasteiger partial charge in [0.25, 0.3) is 0 Å². The molecule has 3 rings (SSSR count). The number of ether oxygens (including phenoxy) is 2. The van der Waals surface area contributed by atoms with Crippen molar-refractivity contribution in [2.24, 2.45) is 5.73 Å². The quantitative estimate of drug-likeness (QED) is 0.917.